The molecule has 1 unspecified atom stereocenters. The molecule has 118 valence electrons. The molecule has 3 aromatic rings. The smallest absolute Gasteiger partial charge is 0.260 e. The summed E-state index contributed by atoms with van der Waals surface area (Å²) in [5.74, 6) is -0.413. The molecule has 3 nitrogen and oxygen atoms in total. The van der Waals surface area contributed by atoms with Crippen LogP contribution in [0.15, 0.2) is 72.8 Å². The molecule has 1 aliphatic rings. The van der Waals surface area contributed by atoms with Gasteiger partial charge in [0.1, 0.15) is 0 Å². The largest absolute Gasteiger partial charge is 0.375 e. The summed E-state index contributed by atoms with van der Waals surface area (Å²) in [7, 11) is 0. The number of fused-ring (bicyclic) bond motifs is 2. The van der Waals surface area contributed by atoms with Gasteiger partial charge >= 0.3 is 0 Å². The van der Waals surface area contributed by atoms with Crippen molar-refractivity contribution in [3.63, 3.8) is 0 Å². The van der Waals surface area contributed by atoms with E-state index in [0.717, 1.165) is 21.9 Å². The molecular formula is C21H17NO2. The summed E-state index contributed by atoms with van der Waals surface area (Å²) in [6.07, 6.45) is 3.66. The molecule has 0 radical (unpaired) electrons. The normalized spacial score (nSPS) is 19.0. The van der Waals surface area contributed by atoms with Gasteiger partial charge in [-0.15, -0.1) is 0 Å². The number of amides is 1. The van der Waals surface area contributed by atoms with Crippen molar-refractivity contribution in [2.45, 2.75) is 12.0 Å². The van der Waals surface area contributed by atoms with Gasteiger partial charge in [0.05, 0.1) is 0 Å². The molecule has 0 spiro atoms. The zero-order chi connectivity index (χ0) is 16.6. The van der Waals surface area contributed by atoms with E-state index in [2.05, 4.69) is 5.32 Å². The van der Waals surface area contributed by atoms with Gasteiger partial charge in [-0.25, -0.2) is 0 Å². The summed E-state index contributed by atoms with van der Waals surface area (Å²) in [4.78, 5) is 12.6. The van der Waals surface area contributed by atoms with Gasteiger partial charge in [-0.3, -0.25) is 4.79 Å². The summed E-state index contributed by atoms with van der Waals surface area (Å²) < 4.78 is 0. The standard InChI is InChI=1S/C21H17NO2/c23-20(21(24)12-11-16-6-2-4-8-18(16)14-21)22-19-10-9-15-5-1-3-7-17(15)13-19/h1-13,24H,14H2,(H,22,23). The van der Waals surface area contributed by atoms with Crippen LogP contribution in [0.3, 0.4) is 0 Å². The van der Waals surface area contributed by atoms with Gasteiger partial charge < -0.3 is 10.4 Å². The van der Waals surface area contributed by atoms with E-state index < -0.39 is 11.5 Å². The maximum atomic E-state index is 12.6. The molecule has 0 fully saturated rings. The monoisotopic (exact) mass is 315 g/mol. The number of anilines is 1. The van der Waals surface area contributed by atoms with Crippen LogP contribution in [0.1, 0.15) is 11.1 Å². The van der Waals surface area contributed by atoms with Crippen molar-refractivity contribution in [1.29, 1.82) is 0 Å². The first-order valence-corrected chi connectivity index (χ1v) is 7.94. The highest BCUT2D eigenvalue weighted by atomic mass is 16.3. The fourth-order valence-electron chi connectivity index (χ4n) is 3.10. The number of nitrogens with one attached hydrogen (secondary N) is 1. The second-order valence-corrected chi connectivity index (χ2v) is 6.15. The van der Waals surface area contributed by atoms with Crippen molar-refractivity contribution in [3.8, 4) is 0 Å². The fourth-order valence-corrected chi connectivity index (χ4v) is 3.10. The molecule has 0 heterocycles. The minimum Gasteiger partial charge on any atom is -0.375 e. The SMILES string of the molecule is O=C(Nc1ccc2ccccc2c1)C1(O)C=Cc2ccccc2C1. The van der Waals surface area contributed by atoms with Gasteiger partial charge in [0, 0.05) is 12.1 Å². The number of benzene rings is 3. The van der Waals surface area contributed by atoms with Crippen molar-refractivity contribution < 1.29 is 9.90 Å². The molecule has 0 aliphatic heterocycles. The van der Waals surface area contributed by atoms with Crippen LogP contribution >= 0.6 is 0 Å². The van der Waals surface area contributed by atoms with Crippen LogP contribution in [0.2, 0.25) is 0 Å². The van der Waals surface area contributed by atoms with E-state index in [1.165, 1.54) is 0 Å². The lowest BCUT2D eigenvalue weighted by atomic mass is 9.85. The van der Waals surface area contributed by atoms with E-state index in [1.807, 2.05) is 66.7 Å². The predicted molar refractivity (Wildman–Crippen MR) is 96.7 cm³/mol. The molecule has 1 atom stereocenters. The maximum Gasteiger partial charge on any atom is 0.260 e. The molecule has 1 amide bonds. The number of hydrogen-bond acceptors (Lipinski definition) is 2. The minimum absolute atomic E-state index is 0.277. The molecule has 2 N–H and O–H groups in total. The van der Waals surface area contributed by atoms with Crippen molar-refractivity contribution in [2.24, 2.45) is 0 Å². The molecule has 0 aromatic heterocycles. The Bertz CT molecular complexity index is 961. The van der Waals surface area contributed by atoms with Crippen LogP contribution in [0.4, 0.5) is 5.69 Å². The molecule has 24 heavy (non-hydrogen) atoms. The highest BCUT2D eigenvalue weighted by molar-refractivity contribution is 6.01. The van der Waals surface area contributed by atoms with E-state index in [0.29, 0.717) is 5.69 Å². The van der Waals surface area contributed by atoms with Crippen molar-refractivity contribution in [2.75, 3.05) is 5.32 Å². The number of rotatable bonds is 2. The molecule has 3 aromatic carbocycles. The van der Waals surface area contributed by atoms with Crippen LogP contribution in [0.25, 0.3) is 16.8 Å². The van der Waals surface area contributed by atoms with Crippen LogP contribution in [0, 0.1) is 0 Å². The zero-order valence-electron chi connectivity index (χ0n) is 13.1. The Balaban J connectivity index is 1.59. The lowest BCUT2D eigenvalue weighted by molar-refractivity contribution is -0.129. The topological polar surface area (TPSA) is 49.3 Å². The van der Waals surface area contributed by atoms with E-state index in [1.54, 1.807) is 12.2 Å². The molecule has 0 bridgehead atoms. The Morgan fingerprint density at radius 2 is 1.71 bits per heavy atom. The average Bonchev–Trinajstić information content (AvgIpc) is 2.61. The van der Waals surface area contributed by atoms with Crippen molar-refractivity contribution in [1.82, 2.24) is 0 Å². The molecule has 1 aliphatic carbocycles. The number of hydrogen-bond donors (Lipinski definition) is 2. The van der Waals surface area contributed by atoms with Crippen LogP contribution in [-0.4, -0.2) is 16.6 Å². The highest BCUT2D eigenvalue weighted by Gasteiger charge is 2.36. The van der Waals surface area contributed by atoms with Gasteiger partial charge in [-0.1, -0.05) is 60.7 Å². The van der Waals surface area contributed by atoms with Crippen molar-refractivity contribution >= 4 is 28.4 Å². The first-order valence-electron chi connectivity index (χ1n) is 7.94. The first kappa shape index (κ1) is 14.7. The summed E-state index contributed by atoms with van der Waals surface area (Å²) in [6, 6.07) is 21.5. The Kier molecular flexibility index (Phi) is 3.44. The van der Waals surface area contributed by atoms with E-state index in [4.69, 9.17) is 0 Å². The summed E-state index contributed by atoms with van der Waals surface area (Å²) in [5.41, 5.74) is 1.16. The molecule has 3 heteroatoms. The molecule has 0 saturated heterocycles. The Morgan fingerprint density at radius 1 is 0.958 bits per heavy atom. The minimum atomic E-state index is -1.53. The quantitative estimate of drug-likeness (QED) is 0.756. The van der Waals surface area contributed by atoms with Crippen molar-refractivity contribution in [3.05, 3.63) is 83.9 Å². The lowest BCUT2D eigenvalue weighted by Gasteiger charge is -2.27. The zero-order valence-corrected chi connectivity index (χ0v) is 13.1. The third-order valence-electron chi connectivity index (χ3n) is 4.45. The Morgan fingerprint density at radius 3 is 2.58 bits per heavy atom. The summed E-state index contributed by atoms with van der Waals surface area (Å²) >= 11 is 0. The molecule has 0 saturated carbocycles. The second kappa shape index (κ2) is 5.62. The lowest BCUT2D eigenvalue weighted by Crippen LogP contribution is -2.44. The van der Waals surface area contributed by atoms with E-state index in [9.17, 15) is 9.90 Å². The molecular weight excluding hydrogens is 298 g/mol. The number of carbonyl (C=O) groups is 1. The van der Waals surface area contributed by atoms with Crippen LogP contribution in [0.5, 0.6) is 0 Å². The van der Waals surface area contributed by atoms with E-state index >= 15 is 0 Å². The predicted octanol–water partition coefficient (Wildman–Crippen LogP) is 3.78. The van der Waals surface area contributed by atoms with Gasteiger partial charge in [-0.2, -0.15) is 0 Å². The average molecular weight is 315 g/mol. The maximum absolute atomic E-state index is 12.6. The first-order chi connectivity index (χ1) is 11.6. The van der Waals surface area contributed by atoms with Crippen LogP contribution < -0.4 is 5.32 Å². The second-order valence-electron chi connectivity index (χ2n) is 6.15. The Hall–Kier alpha value is -2.91. The van der Waals surface area contributed by atoms with Gasteiger partial charge in [0.15, 0.2) is 5.60 Å². The highest BCUT2D eigenvalue weighted by Crippen LogP contribution is 2.27. The van der Waals surface area contributed by atoms with Gasteiger partial charge in [-0.05, 0) is 40.1 Å². The summed E-state index contributed by atoms with van der Waals surface area (Å²) in [6.45, 7) is 0. The third kappa shape index (κ3) is 2.59. The van der Waals surface area contributed by atoms with E-state index in [-0.39, 0.29) is 6.42 Å². The Labute approximate surface area is 140 Å². The van der Waals surface area contributed by atoms with Crippen LogP contribution in [-0.2, 0) is 11.2 Å². The molecule has 4 rings (SSSR count). The number of aliphatic hydroxyl groups is 1. The van der Waals surface area contributed by atoms with Gasteiger partial charge in [0.2, 0.25) is 0 Å². The third-order valence-corrected chi connectivity index (χ3v) is 4.45. The summed E-state index contributed by atoms with van der Waals surface area (Å²) in [5, 5.41) is 15.8. The number of carbonyl (C=O) groups excluding carboxylic acids is 1. The fraction of sp³-hybridized carbons (Fsp3) is 0.0952. The van der Waals surface area contributed by atoms with Gasteiger partial charge in [0.25, 0.3) is 5.91 Å².